The van der Waals surface area contributed by atoms with E-state index in [1.165, 1.54) is 0 Å². The zero-order valence-electron chi connectivity index (χ0n) is 8.73. The van der Waals surface area contributed by atoms with Gasteiger partial charge in [-0.1, -0.05) is 13.8 Å². The van der Waals surface area contributed by atoms with Crippen LogP contribution in [0.15, 0.2) is 0 Å². The van der Waals surface area contributed by atoms with E-state index in [-0.39, 0.29) is 12.0 Å². The minimum atomic E-state index is -0.891. The first-order valence-corrected chi connectivity index (χ1v) is 5.07. The topological polar surface area (TPSA) is 55.8 Å². The van der Waals surface area contributed by atoms with Crippen LogP contribution in [-0.2, 0) is 14.3 Å². The summed E-state index contributed by atoms with van der Waals surface area (Å²) in [6, 6.07) is 0. The van der Waals surface area contributed by atoms with Crippen molar-refractivity contribution in [1.29, 1.82) is 0 Å². The molecule has 0 radical (unpaired) electrons. The lowest BCUT2D eigenvalue weighted by molar-refractivity contribution is -0.155. The van der Waals surface area contributed by atoms with Gasteiger partial charge >= 0.3 is 5.97 Å². The van der Waals surface area contributed by atoms with Crippen molar-refractivity contribution < 1.29 is 19.4 Å². The largest absolute Gasteiger partial charge is 0.479 e. The van der Waals surface area contributed by atoms with Gasteiger partial charge in [0.25, 0.3) is 0 Å². The average molecular weight is 202 g/mol. The van der Waals surface area contributed by atoms with Crippen molar-refractivity contribution in [2.24, 2.45) is 5.92 Å². The van der Waals surface area contributed by atoms with Crippen LogP contribution >= 0.6 is 0 Å². The lowest BCUT2D eigenvalue weighted by Gasteiger charge is -2.19. The van der Waals surface area contributed by atoms with Gasteiger partial charge < -0.3 is 14.6 Å². The highest BCUT2D eigenvalue weighted by atomic mass is 16.6. The Morgan fingerprint density at radius 1 is 1.64 bits per heavy atom. The summed E-state index contributed by atoms with van der Waals surface area (Å²) in [5, 5.41) is 8.85. The third kappa shape index (κ3) is 3.27. The molecule has 0 spiro atoms. The number of carboxylic acids is 1. The fourth-order valence-electron chi connectivity index (χ4n) is 1.54. The highest BCUT2D eigenvalue weighted by Gasteiger charge is 2.24. The minimum Gasteiger partial charge on any atom is -0.479 e. The highest BCUT2D eigenvalue weighted by molar-refractivity contribution is 5.72. The van der Waals surface area contributed by atoms with Gasteiger partial charge in [0, 0.05) is 6.61 Å². The Morgan fingerprint density at radius 3 is 2.79 bits per heavy atom. The van der Waals surface area contributed by atoms with Gasteiger partial charge in [-0.05, 0) is 18.8 Å². The molecule has 0 unspecified atom stereocenters. The Kier molecular flexibility index (Phi) is 4.35. The lowest BCUT2D eigenvalue weighted by Crippen LogP contribution is -2.32. The van der Waals surface area contributed by atoms with Crippen LogP contribution in [0.25, 0.3) is 0 Å². The summed E-state index contributed by atoms with van der Waals surface area (Å²) in [5.74, 6) is -0.896. The molecule has 82 valence electrons. The van der Waals surface area contributed by atoms with E-state index in [2.05, 4.69) is 0 Å². The van der Waals surface area contributed by atoms with Crippen LogP contribution in [0.2, 0.25) is 0 Å². The van der Waals surface area contributed by atoms with Gasteiger partial charge in [-0.2, -0.15) is 0 Å². The van der Waals surface area contributed by atoms with E-state index >= 15 is 0 Å². The molecule has 0 aliphatic carbocycles. The van der Waals surface area contributed by atoms with Crippen LogP contribution < -0.4 is 0 Å². The molecule has 1 saturated heterocycles. The molecule has 0 aromatic heterocycles. The second kappa shape index (κ2) is 5.32. The average Bonchev–Trinajstić information content (AvgIpc) is 2.55. The van der Waals surface area contributed by atoms with E-state index in [1.54, 1.807) is 0 Å². The normalized spacial score (nSPS) is 24.1. The summed E-state index contributed by atoms with van der Waals surface area (Å²) in [6.07, 6.45) is 1.41. The van der Waals surface area contributed by atoms with Crippen molar-refractivity contribution in [2.45, 2.75) is 38.9 Å². The van der Waals surface area contributed by atoms with Crippen molar-refractivity contribution in [2.75, 3.05) is 13.2 Å². The Morgan fingerprint density at radius 2 is 2.36 bits per heavy atom. The number of hydrogen-bond donors (Lipinski definition) is 1. The van der Waals surface area contributed by atoms with Gasteiger partial charge in [0.2, 0.25) is 0 Å². The Balaban J connectivity index is 2.28. The molecule has 4 heteroatoms. The fourth-order valence-corrected chi connectivity index (χ4v) is 1.54. The molecule has 1 N–H and O–H groups in total. The number of carbonyl (C=O) groups is 1. The molecule has 1 fully saturated rings. The van der Waals surface area contributed by atoms with Gasteiger partial charge in [0.05, 0.1) is 12.7 Å². The summed E-state index contributed by atoms with van der Waals surface area (Å²) >= 11 is 0. The van der Waals surface area contributed by atoms with Crippen LogP contribution in [0.3, 0.4) is 0 Å². The molecule has 14 heavy (non-hydrogen) atoms. The van der Waals surface area contributed by atoms with Crippen LogP contribution in [0, 0.1) is 5.92 Å². The molecule has 1 rings (SSSR count). The summed E-state index contributed by atoms with van der Waals surface area (Å²) in [5.41, 5.74) is 0. The van der Waals surface area contributed by atoms with Gasteiger partial charge in [0.15, 0.2) is 6.10 Å². The van der Waals surface area contributed by atoms with Crippen molar-refractivity contribution in [3.05, 3.63) is 0 Å². The number of aliphatic carboxylic acids is 1. The lowest BCUT2D eigenvalue weighted by atomic mass is 10.1. The second-order valence-corrected chi connectivity index (χ2v) is 3.97. The summed E-state index contributed by atoms with van der Waals surface area (Å²) in [6.45, 7) is 4.85. The van der Waals surface area contributed by atoms with E-state index in [1.807, 2.05) is 13.8 Å². The SMILES string of the molecule is CC(C)[C@@H](OC[C@@H]1CCCO1)C(=O)O. The summed E-state index contributed by atoms with van der Waals surface area (Å²) in [7, 11) is 0. The zero-order chi connectivity index (χ0) is 10.6. The number of rotatable bonds is 5. The van der Waals surface area contributed by atoms with E-state index in [0.717, 1.165) is 19.4 Å². The van der Waals surface area contributed by atoms with E-state index < -0.39 is 12.1 Å². The van der Waals surface area contributed by atoms with Gasteiger partial charge in [-0.15, -0.1) is 0 Å². The summed E-state index contributed by atoms with van der Waals surface area (Å²) in [4.78, 5) is 10.8. The maximum atomic E-state index is 10.8. The molecule has 0 aromatic carbocycles. The Labute approximate surface area is 84.2 Å². The first-order valence-electron chi connectivity index (χ1n) is 5.07. The van der Waals surface area contributed by atoms with Crippen LogP contribution in [0.1, 0.15) is 26.7 Å². The van der Waals surface area contributed by atoms with E-state index in [9.17, 15) is 4.79 Å². The van der Waals surface area contributed by atoms with Gasteiger partial charge in [0.1, 0.15) is 0 Å². The number of ether oxygens (including phenoxy) is 2. The quantitative estimate of drug-likeness (QED) is 0.730. The predicted molar refractivity (Wildman–Crippen MR) is 51.2 cm³/mol. The molecular formula is C10H18O4. The molecule has 2 atom stereocenters. The Hall–Kier alpha value is -0.610. The zero-order valence-corrected chi connectivity index (χ0v) is 8.73. The van der Waals surface area contributed by atoms with Crippen molar-refractivity contribution in [1.82, 2.24) is 0 Å². The van der Waals surface area contributed by atoms with Crippen LogP contribution in [0.5, 0.6) is 0 Å². The van der Waals surface area contributed by atoms with Crippen molar-refractivity contribution in [3.8, 4) is 0 Å². The fraction of sp³-hybridized carbons (Fsp3) is 0.900. The van der Waals surface area contributed by atoms with E-state index in [4.69, 9.17) is 14.6 Å². The first kappa shape index (κ1) is 11.5. The smallest absolute Gasteiger partial charge is 0.333 e. The van der Waals surface area contributed by atoms with Crippen molar-refractivity contribution >= 4 is 5.97 Å². The maximum Gasteiger partial charge on any atom is 0.333 e. The minimum absolute atomic E-state index is 0.00565. The van der Waals surface area contributed by atoms with Gasteiger partial charge in [-0.3, -0.25) is 0 Å². The third-order valence-electron chi connectivity index (χ3n) is 2.33. The first-order chi connectivity index (χ1) is 6.61. The predicted octanol–water partition coefficient (Wildman–Crippen LogP) is 1.29. The molecule has 4 nitrogen and oxygen atoms in total. The Bertz CT molecular complexity index is 185. The monoisotopic (exact) mass is 202 g/mol. The molecule has 1 aliphatic heterocycles. The molecule has 1 aliphatic rings. The van der Waals surface area contributed by atoms with Crippen molar-refractivity contribution in [3.63, 3.8) is 0 Å². The van der Waals surface area contributed by atoms with Gasteiger partial charge in [-0.25, -0.2) is 4.79 Å². The maximum absolute atomic E-state index is 10.8. The molecule has 0 aromatic rings. The summed E-state index contributed by atoms with van der Waals surface area (Å²) < 4.78 is 10.7. The molecule has 0 bridgehead atoms. The van der Waals surface area contributed by atoms with E-state index in [0.29, 0.717) is 6.61 Å². The molecule has 1 heterocycles. The second-order valence-electron chi connectivity index (χ2n) is 3.97. The highest BCUT2D eigenvalue weighted by Crippen LogP contribution is 2.14. The molecule has 0 amide bonds. The number of hydrogen-bond acceptors (Lipinski definition) is 3. The standard InChI is InChI=1S/C10H18O4/c1-7(2)9(10(11)12)14-6-8-4-3-5-13-8/h7-9H,3-6H2,1-2H3,(H,11,12)/t8-,9+/m0/s1. The van der Waals surface area contributed by atoms with Crippen LogP contribution in [0.4, 0.5) is 0 Å². The number of carboxylic acid groups (broad SMARTS) is 1. The molecular weight excluding hydrogens is 184 g/mol. The van der Waals surface area contributed by atoms with Crippen LogP contribution in [-0.4, -0.2) is 36.5 Å². The molecule has 0 saturated carbocycles. The third-order valence-corrected chi connectivity index (χ3v) is 2.33.